The Kier molecular flexibility index (Phi) is 5.79. The molecular formula is C40H30N2. The van der Waals surface area contributed by atoms with E-state index in [1.807, 2.05) is 0 Å². The minimum absolute atomic E-state index is 0.979. The van der Waals surface area contributed by atoms with E-state index in [4.69, 9.17) is 0 Å². The third kappa shape index (κ3) is 4.03. The first-order chi connectivity index (χ1) is 20.7. The molecule has 0 atom stereocenters. The number of anilines is 5. The Morgan fingerprint density at radius 1 is 0.452 bits per heavy atom. The predicted molar refractivity (Wildman–Crippen MR) is 179 cm³/mol. The van der Waals surface area contributed by atoms with Crippen LogP contribution in [0.25, 0.3) is 32.7 Å². The van der Waals surface area contributed by atoms with E-state index in [-0.39, 0.29) is 0 Å². The Balaban J connectivity index is 1.26. The maximum atomic E-state index is 2.42. The van der Waals surface area contributed by atoms with Crippen molar-refractivity contribution < 1.29 is 0 Å². The van der Waals surface area contributed by atoms with Crippen LogP contribution >= 0.6 is 0 Å². The number of hydrogen-bond donors (Lipinski definition) is 0. The summed E-state index contributed by atoms with van der Waals surface area (Å²) in [6, 6.07) is 55.0. The molecule has 0 fully saturated rings. The number of hydrogen-bond acceptors (Lipinski definition) is 2. The fourth-order valence-electron chi connectivity index (χ4n) is 6.55. The fourth-order valence-corrected chi connectivity index (χ4v) is 6.55. The van der Waals surface area contributed by atoms with E-state index in [1.165, 1.54) is 60.9 Å². The number of para-hydroxylation sites is 2. The van der Waals surface area contributed by atoms with Gasteiger partial charge in [0.1, 0.15) is 0 Å². The fraction of sp³-hybridized carbons (Fsp3) is 0.0500. The minimum Gasteiger partial charge on any atom is -0.345 e. The summed E-state index contributed by atoms with van der Waals surface area (Å²) in [4.78, 5) is 4.66. The van der Waals surface area contributed by atoms with Crippen molar-refractivity contribution in [3.05, 3.63) is 163 Å². The molecule has 2 nitrogen and oxygen atoms in total. The van der Waals surface area contributed by atoms with Crippen LogP contribution in [0.2, 0.25) is 0 Å². The van der Waals surface area contributed by atoms with Gasteiger partial charge in [-0.05, 0) is 99.3 Å². The third-order valence-corrected chi connectivity index (χ3v) is 8.64. The molecule has 42 heavy (non-hydrogen) atoms. The largest absolute Gasteiger partial charge is 0.345 e. The van der Waals surface area contributed by atoms with E-state index in [0.29, 0.717) is 0 Å². The third-order valence-electron chi connectivity index (χ3n) is 8.64. The van der Waals surface area contributed by atoms with Gasteiger partial charge in [0.25, 0.3) is 0 Å². The van der Waals surface area contributed by atoms with Crippen LogP contribution in [-0.2, 0) is 6.42 Å². The molecular weight excluding hydrogens is 508 g/mol. The van der Waals surface area contributed by atoms with Gasteiger partial charge in [-0.1, -0.05) is 97.1 Å². The zero-order valence-corrected chi connectivity index (χ0v) is 23.5. The van der Waals surface area contributed by atoms with Crippen LogP contribution < -0.4 is 9.80 Å². The van der Waals surface area contributed by atoms with Crippen molar-refractivity contribution in [1.82, 2.24) is 0 Å². The van der Waals surface area contributed by atoms with Gasteiger partial charge < -0.3 is 9.80 Å². The lowest BCUT2D eigenvalue weighted by molar-refractivity contribution is 1.21. The lowest BCUT2D eigenvalue weighted by atomic mass is 9.99. The second-order valence-corrected chi connectivity index (χ2v) is 11.1. The molecule has 0 heterocycles. The molecule has 0 unspecified atom stereocenters. The highest BCUT2D eigenvalue weighted by molar-refractivity contribution is 6.09. The van der Waals surface area contributed by atoms with Crippen molar-refractivity contribution in [2.75, 3.05) is 16.8 Å². The smallest absolute Gasteiger partial charge is 0.0543 e. The maximum absolute atomic E-state index is 2.42. The molecule has 2 heteroatoms. The second kappa shape index (κ2) is 9.94. The van der Waals surface area contributed by atoms with Gasteiger partial charge in [0.15, 0.2) is 0 Å². The summed E-state index contributed by atoms with van der Waals surface area (Å²) in [7, 11) is 2.13. The molecule has 0 saturated heterocycles. The van der Waals surface area contributed by atoms with Crippen molar-refractivity contribution in [1.29, 1.82) is 0 Å². The summed E-state index contributed by atoms with van der Waals surface area (Å²) in [5, 5.41) is 5.01. The highest BCUT2D eigenvalue weighted by Gasteiger charge is 2.25. The Morgan fingerprint density at radius 3 is 1.79 bits per heavy atom. The Morgan fingerprint density at radius 2 is 1.05 bits per heavy atom. The van der Waals surface area contributed by atoms with Crippen LogP contribution in [0.1, 0.15) is 11.1 Å². The van der Waals surface area contributed by atoms with Gasteiger partial charge >= 0.3 is 0 Å². The summed E-state index contributed by atoms with van der Waals surface area (Å²) >= 11 is 0. The maximum Gasteiger partial charge on any atom is 0.0543 e. The highest BCUT2D eigenvalue weighted by atomic mass is 15.1. The quantitative estimate of drug-likeness (QED) is 0.201. The van der Waals surface area contributed by atoms with Gasteiger partial charge in [0.05, 0.1) is 5.69 Å². The lowest BCUT2D eigenvalue weighted by Gasteiger charge is -2.28. The Bertz CT molecular complexity index is 2080. The van der Waals surface area contributed by atoms with Gasteiger partial charge in [-0.25, -0.2) is 0 Å². The van der Waals surface area contributed by atoms with Crippen molar-refractivity contribution >= 4 is 50.0 Å². The topological polar surface area (TPSA) is 6.48 Å². The van der Waals surface area contributed by atoms with E-state index in [2.05, 4.69) is 169 Å². The van der Waals surface area contributed by atoms with E-state index < -0.39 is 0 Å². The van der Waals surface area contributed by atoms with Crippen LogP contribution in [-0.4, -0.2) is 7.05 Å². The monoisotopic (exact) mass is 538 g/mol. The minimum atomic E-state index is 0.979. The average Bonchev–Trinajstić information content (AvgIpc) is 3.44. The lowest BCUT2D eigenvalue weighted by Crippen LogP contribution is -2.11. The molecule has 0 saturated carbocycles. The van der Waals surface area contributed by atoms with Gasteiger partial charge in [-0.3, -0.25) is 0 Å². The molecule has 7 aromatic rings. The number of benzene rings is 7. The molecule has 1 aliphatic carbocycles. The van der Waals surface area contributed by atoms with Gasteiger partial charge in [0.2, 0.25) is 0 Å². The van der Waals surface area contributed by atoms with Gasteiger partial charge in [-0.15, -0.1) is 0 Å². The molecule has 0 bridgehead atoms. The summed E-state index contributed by atoms with van der Waals surface area (Å²) in [5.74, 6) is 0. The van der Waals surface area contributed by atoms with Crippen molar-refractivity contribution in [3.63, 3.8) is 0 Å². The first-order valence-corrected chi connectivity index (χ1v) is 14.6. The second-order valence-electron chi connectivity index (χ2n) is 11.1. The Labute approximate surface area is 246 Å². The zero-order valence-electron chi connectivity index (χ0n) is 23.5. The van der Waals surface area contributed by atoms with Crippen molar-refractivity contribution in [2.24, 2.45) is 0 Å². The SMILES string of the molecule is CN(c1ccccc1)c1ccc2c(ccc3cc(N(c4ccccc4)c4cccc5c4-c4ccccc4C5)ccc32)c1. The van der Waals surface area contributed by atoms with Crippen molar-refractivity contribution in [3.8, 4) is 11.1 Å². The predicted octanol–water partition coefficient (Wildman–Crippen LogP) is 10.8. The van der Waals surface area contributed by atoms with E-state index in [9.17, 15) is 0 Å². The standard InChI is InChI=1S/C40H30N2/c1-41(32-13-4-2-5-14-32)34-21-23-36-29(26-34)19-20-30-27-35(22-24-37(30)36)42(33-15-6-3-7-16-33)39-18-10-12-31-25-28-11-8-9-17-38(28)40(31)39/h2-24,26-27H,25H2,1H3. The van der Waals surface area contributed by atoms with E-state index >= 15 is 0 Å². The molecule has 0 amide bonds. The molecule has 8 rings (SSSR count). The molecule has 1 aliphatic rings. The summed E-state index contributed by atoms with van der Waals surface area (Å²) < 4.78 is 0. The highest BCUT2D eigenvalue weighted by Crippen LogP contribution is 2.47. The molecule has 7 aromatic carbocycles. The molecule has 0 spiro atoms. The summed E-state index contributed by atoms with van der Waals surface area (Å²) in [6.45, 7) is 0. The number of rotatable bonds is 5. The van der Waals surface area contributed by atoms with Crippen LogP contribution in [0, 0.1) is 0 Å². The van der Waals surface area contributed by atoms with Crippen LogP contribution in [0.3, 0.4) is 0 Å². The molecule has 0 radical (unpaired) electrons. The first kappa shape index (κ1) is 24.5. The van der Waals surface area contributed by atoms with Crippen LogP contribution in [0.4, 0.5) is 28.4 Å². The van der Waals surface area contributed by atoms with Gasteiger partial charge in [0, 0.05) is 35.4 Å². The van der Waals surface area contributed by atoms with Crippen molar-refractivity contribution in [2.45, 2.75) is 6.42 Å². The summed E-state index contributed by atoms with van der Waals surface area (Å²) in [5.41, 5.74) is 11.4. The molecule has 0 N–H and O–H groups in total. The van der Waals surface area contributed by atoms with Gasteiger partial charge in [-0.2, -0.15) is 0 Å². The zero-order chi connectivity index (χ0) is 28.0. The van der Waals surface area contributed by atoms with Crippen LogP contribution in [0.5, 0.6) is 0 Å². The van der Waals surface area contributed by atoms with E-state index in [1.54, 1.807) is 0 Å². The average molecular weight is 539 g/mol. The first-order valence-electron chi connectivity index (χ1n) is 14.6. The summed E-state index contributed by atoms with van der Waals surface area (Å²) in [6.07, 6.45) is 0.979. The molecule has 200 valence electrons. The number of nitrogens with zero attached hydrogens (tertiary/aromatic N) is 2. The Hall–Kier alpha value is -5.34. The van der Waals surface area contributed by atoms with E-state index in [0.717, 1.165) is 17.8 Å². The molecule has 0 aliphatic heterocycles. The number of fused-ring (bicyclic) bond motifs is 6. The normalized spacial score (nSPS) is 11.8. The van der Waals surface area contributed by atoms with Crippen LogP contribution in [0.15, 0.2) is 152 Å². The molecule has 0 aromatic heterocycles.